The number of aromatic nitrogens is 1. The van der Waals surface area contributed by atoms with Gasteiger partial charge in [-0.2, -0.15) is 0 Å². The summed E-state index contributed by atoms with van der Waals surface area (Å²) < 4.78 is 6.43. The maximum Gasteiger partial charge on any atom is 0.338 e. The van der Waals surface area contributed by atoms with Crippen LogP contribution in [0.4, 0.5) is 17.1 Å². The zero-order chi connectivity index (χ0) is 35.0. The molecule has 2 aliphatic rings. The van der Waals surface area contributed by atoms with E-state index >= 15 is 0 Å². The fraction of sp³-hybridized carbons (Fsp3) is 0.286. The SMILES string of the molecule is CCOC(=O)c1ccc(N2C(=O)C3Sc4c(sc(=O)n4CC(=O)Nc4ccc(Cl)c(Cl)c4)C(c4ccc(N(CC)CC)cc4)C3C2=O)cc1. The molecule has 4 aromatic rings. The minimum atomic E-state index is -0.865. The standard InChI is InChI=1S/C35H32Cl2N4O6S2/c1-4-39(5-2)22-12-7-19(8-13-22)27-28-29(32(44)41(31(28)43)23-14-9-20(10-15-23)34(45)47-6-3)48-33-30(27)49-35(46)40(33)18-26(42)38-21-11-16-24(36)25(37)17-21/h7-17,27-29H,4-6,18H2,1-3H3,(H,38,42). The normalized spacial score (nSPS) is 18.2. The molecule has 1 aromatic heterocycles. The highest BCUT2D eigenvalue weighted by molar-refractivity contribution is 8.00. The second-order valence-electron chi connectivity index (χ2n) is 11.4. The number of hydrogen-bond acceptors (Lipinski definition) is 9. The quantitative estimate of drug-likeness (QED) is 0.142. The van der Waals surface area contributed by atoms with Gasteiger partial charge in [-0.25, -0.2) is 9.69 Å². The number of anilines is 3. The summed E-state index contributed by atoms with van der Waals surface area (Å²) in [5.74, 6) is -3.25. The van der Waals surface area contributed by atoms with E-state index in [1.807, 2.05) is 24.3 Å². The molecule has 254 valence electrons. The lowest BCUT2D eigenvalue weighted by atomic mass is 9.83. The molecule has 10 nitrogen and oxygen atoms in total. The Morgan fingerprint density at radius 3 is 2.22 bits per heavy atom. The van der Waals surface area contributed by atoms with Crippen LogP contribution >= 0.6 is 46.3 Å². The molecule has 3 aromatic carbocycles. The Hall–Kier alpha value is -4.10. The van der Waals surface area contributed by atoms with Gasteiger partial charge in [0, 0.05) is 35.3 Å². The van der Waals surface area contributed by atoms with Crippen LogP contribution in [0.2, 0.25) is 10.0 Å². The van der Waals surface area contributed by atoms with Crippen LogP contribution < -0.4 is 20.0 Å². The van der Waals surface area contributed by atoms with Gasteiger partial charge < -0.3 is 15.0 Å². The van der Waals surface area contributed by atoms with E-state index in [-0.39, 0.29) is 23.0 Å². The Balaban J connectivity index is 1.38. The number of nitrogens with one attached hydrogen (secondary N) is 1. The second kappa shape index (κ2) is 14.4. The lowest BCUT2D eigenvalue weighted by Gasteiger charge is -2.31. The van der Waals surface area contributed by atoms with E-state index < -0.39 is 40.8 Å². The third-order valence-electron chi connectivity index (χ3n) is 8.57. The number of nitrogens with zero attached hydrogens (tertiary/aromatic N) is 3. The molecular formula is C35H32Cl2N4O6S2. The van der Waals surface area contributed by atoms with E-state index in [1.54, 1.807) is 31.2 Å². The maximum absolute atomic E-state index is 14.3. The molecule has 0 aliphatic carbocycles. The lowest BCUT2D eigenvalue weighted by Crippen LogP contribution is -2.33. The van der Waals surface area contributed by atoms with Crippen LogP contribution in [0.5, 0.6) is 0 Å². The number of hydrogen-bond donors (Lipinski definition) is 1. The first kappa shape index (κ1) is 34.8. The van der Waals surface area contributed by atoms with Crippen molar-refractivity contribution in [1.82, 2.24) is 4.57 Å². The van der Waals surface area contributed by atoms with Gasteiger partial charge in [0.1, 0.15) is 11.8 Å². The molecule has 1 fully saturated rings. The predicted molar refractivity (Wildman–Crippen MR) is 194 cm³/mol. The van der Waals surface area contributed by atoms with Crippen molar-refractivity contribution in [2.75, 3.05) is 34.8 Å². The van der Waals surface area contributed by atoms with Crippen molar-refractivity contribution >= 4 is 87.1 Å². The fourth-order valence-electron chi connectivity index (χ4n) is 6.23. The van der Waals surface area contributed by atoms with Gasteiger partial charge >= 0.3 is 10.8 Å². The van der Waals surface area contributed by atoms with Gasteiger partial charge in [-0.3, -0.25) is 23.7 Å². The number of imide groups is 1. The molecule has 3 amide bonds. The molecule has 0 spiro atoms. The summed E-state index contributed by atoms with van der Waals surface area (Å²) in [6.45, 7) is 7.38. The zero-order valence-electron chi connectivity index (χ0n) is 26.8. The molecular weight excluding hydrogens is 707 g/mol. The van der Waals surface area contributed by atoms with Gasteiger partial charge in [-0.05, 0) is 80.9 Å². The third kappa shape index (κ3) is 6.62. The lowest BCUT2D eigenvalue weighted by molar-refractivity contribution is -0.122. The first-order chi connectivity index (χ1) is 23.6. The summed E-state index contributed by atoms with van der Waals surface area (Å²) in [7, 11) is 0. The van der Waals surface area contributed by atoms with E-state index in [0.717, 1.165) is 52.3 Å². The van der Waals surface area contributed by atoms with Crippen LogP contribution in [-0.2, 0) is 25.7 Å². The fourth-order valence-corrected chi connectivity index (χ4v) is 9.30. The van der Waals surface area contributed by atoms with Crippen LogP contribution in [0, 0.1) is 5.92 Å². The Bertz CT molecular complexity index is 1990. The van der Waals surface area contributed by atoms with Crippen LogP contribution in [0.1, 0.15) is 47.5 Å². The van der Waals surface area contributed by atoms with E-state index in [0.29, 0.717) is 31.9 Å². The first-order valence-electron chi connectivity index (χ1n) is 15.7. The molecule has 49 heavy (non-hydrogen) atoms. The van der Waals surface area contributed by atoms with E-state index in [2.05, 4.69) is 24.1 Å². The van der Waals surface area contributed by atoms with Crippen LogP contribution in [0.3, 0.4) is 0 Å². The Morgan fingerprint density at radius 2 is 1.59 bits per heavy atom. The van der Waals surface area contributed by atoms with Crippen molar-refractivity contribution in [3.05, 3.63) is 102 Å². The number of carbonyl (C=O) groups is 4. The number of benzene rings is 3. The molecule has 14 heteroatoms. The van der Waals surface area contributed by atoms with E-state index in [4.69, 9.17) is 27.9 Å². The Morgan fingerprint density at radius 1 is 0.898 bits per heavy atom. The minimum absolute atomic E-state index is 0.216. The molecule has 6 rings (SSSR count). The molecule has 0 bridgehead atoms. The Labute approximate surface area is 300 Å². The van der Waals surface area contributed by atoms with Gasteiger partial charge in [-0.15, -0.1) is 0 Å². The highest BCUT2D eigenvalue weighted by Crippen LogP contribution is 2.54. The minimum Gasteiger partial charge on any atom is -0.462 e. The number of esters is 1. The number of thiazole rings is 1. The number of thioether (sulfide) groups is 1. The molecule has 2 aliphatic heterocycles. The molecule has 3 heterocycles. The third-order valence-corrected chi connectivity index (χ3v) is 11.9. The van der Waals surface area contributed by atoms with Crippen molar-refractivity contribution in [3.8, 4) is 0 Å². The number of rotatable bonds is 10. The van der Waals surface area contributed by atoms with Crippen molar-refractivity contribution in [2.45, 2.75) is 43.5 Å². The molecule has 1 saturated heterocycles. The van der Waals surface area contributed by atoms with Crippen molar-refractivity contribution in [2.24, 2.45) is 5.92 Å². The van der Waals surface area contributed by atoms with Crippen molar-refractivity contribution in [3.63, 3.8) is 0 Å². The topological polar surface area (TPSA) is 118 Å². The second-order valence-corrected chi connectivity index (χ2v) is 14.3. The van der Waals surface area contributed by atoms with Gasteiger partial charge in [0.25, 0.3) is 0 Å². The predicted octanol–water partition coefficient (Wildman–Crippen LogP) is 6.67. The van der Waals surface area contributed by atoms with Crippen molar-refractivity contribution < 1.29 is 23.9 Å². The summed E-state index contributed by atoms with van der Waals surface area (Å²) in [6, 6.07) is 18.7. The summed E-state index contributed by atoms with van der Waals surface area (Å²) in [5, 5.41) is 2.96. The number of carbonyl (C=O) groups excluding carboxylic acids is 4. The Kier molecular flexibility index (Phi) is 10.2. The highest BCUT2D eigenvalue weighted by atomic mass is 35.5. The smallest absolute Gasteiger partial charge is 0.338 e. The van der Waals surface area contributed by atoms with Crippen LogP contribution in [-0.4, -0.2) is 53.2 Å². The first-order valence-corrected chi connectivity index (χ1v) is 18.2. The summed E-state index contributed by atoms with van der Waals surface area (Å²) in [6.07, 6.45) is 0. The summed E-state index contributed by atoms with van der Waals surface area (Å²) in [5.41, 5.74) is 2.83. The van der Waals surface area contributed by atoms with Crippen LogP contribution in [0.15, 0.2) is 76.6 Å². The van der Waals surface area contributed by atoms with E-state index in [9.17, 15) is 24.0 Å². The highest BCUT2D eigenvalue weighted by Gasteiger charge is 2.56. The number of ether oxygens (including phenoxy) is 1. The van der Waals surface area contributed by atoms with Crippen LogP contribution in [0.25, 0.3) is 0 Å². The van der Waals surface area contributed by atoms with E-state index in [1.165, 1.54) is 22.8 Å². The summed E-state index contributed by atoms with van der Waals surface area (Å²) in [4.78, 5) is 71.0. The average Bonchev–Trinajstić information content (AvgIpc) is 3.53. The number of fused-ring (bicyclic) bond motifs is 2. The molecule has 3 atom stereocenters. The number of halogens is 2. The number of amides is 3. The van der Waals surface area contributed by atoms with Gasteiger partial charge in [0.05, 0.1) is 38.8 Å². The molecule has 3 unspecified atom stereocenters. The zero-order valence-corrected chi connectivity index (χ0v) is 29.9. The maximum atomic E-state index is 14.3. The molecule has 1 N–H and O–H groups in total. The monoisotopic (exact) mass is 738 g/mol. The molecule has 0 radical (unpaired) electrons. The van der Waals surface area contributed by atoms with Crippen molar-refractivity contribution in [1.29, 1.82) is 0 Å². The summed E-state index contributed by atoms with van der Waals surface area (Å²) >= 11 is 14.2. The average molecular weight is 740 g/mol. The largest absolute Gasteiger partial charge is 0.462 e. The van der Waals surface area contributed by atoms with Gasteiger partial charge in [-0.1, -0.05) is 58.4 Å². The van der Waals surface area contributed by atoms with Gasteiger partial charge in [0.15, 0.2) is 0 Å². The molecule has 0 saturated carbocycles. The van der Waals surface area contributed by atoms with Gasteiger partial charge in [0.2, 0.25) is 17.7 Å².